The summed E-state index contributed by atoms with van der Waals surface area (Å²) in [7, 11) is 0. The standard InChI is InChI=1S/C29H29N3O4/c33-26(16-17-27(34)35)31(19-13-14-19)28-20-7-2-4-10-24(20)32(25-11-5-8-21(25)28)29(36)23-15-12-18-6-1-3-9-22(18)30-23/h1-4,6-7,9-10,12,15,19,21,25,28H,5,8,11,13-14,16-17H2,(H,34,35)/t21-,25+,28-/m0/s1. The summed E-state index contributed by atoms with van der Waals surface area (Å²) < 4.78 is 0. The highest BCUT2D eigenvalue weighted by Gasteiger charge is 2.51. The van der Waals surface area contributed by atoms with Gasteiger partial charge in [-0.1, -0.05) is 48.9 Å². The van der Waals surface area contributed by atoms with Gasteiger partial charge in [0.2, 0.25) is 5.91 Å². The van der Waals surface area contributed by atoms with Crippen LogP contribution in [-0.4, -0.2) is 44.9 Å². The van der Waals surface area contributed by atoms with Gasteiger partial charge in [0.1, 0.15) is 5.69 Å². The largest absolute Gasteiger partial charge is 0.481 e. The third kappa shape index (κ3) is 3.92. The maximum absolute atomic E-state index is 14.0. The summed E-state index contributed by atoms with van der Waals surface area (Å²) in [5.74, 6) is -1.06. The Morgan fingerprint density at radius 3 is 2.50 bits per heavy atom. The molecule has 1 aliphatic heterocycles. The number of rotatable bonds is 6. The molecule has 184 valence electrons. The Morgan fingerprint density at radius 1 is 0.917 bits per heavy atom. The van der Waals surface area contributed by atoms with Crippen molar-refractivity contribution >= 4 is 34.4 Å². The number of pyridine rings is 1. The van der Waals surface area contributed by atoms with Crippen molar-refractivity contribution < 1.29 is 19.5 Å². The van der Waals surface area contributed by atoms with Crippen LogP contribution >= 0.6 is 0 Å². The zero-order chi connectivity index (χ0) is 24.8. The molecule has 1 N–H and O–H groups in total. The van der Waals surface area contributed by atoms with Gasteiger partial charge >= 0.3 is 5.97 Å². The van der Waals surface area contributed by atoms with E-state index in [0.29, 0.717) is 5.69 Å². The minimum Gasteiger partial charge on any atom is -0.481 e. The van der Waals surface area contributed by atoms with Crippen LogP contribution in [0, 0.1) is 5.92 Å². The predicted molar refractivity (Wildman–Crippen MR) is 136 cm³/mol. The van der Waals surface area contributed by atoms with Gasteiger partial charge < -0.3 is 14.9 Å². The number of hydrogen-bond donors (Lipinski definition) is 1. The lowest BCUT2D eigenvalue weighted by atomic mass is 9.81. The van der Waals surface area contributed by atoms with Crippen molar-refractivity contribution in [2.75, 3.05) is 4.90 Å². The SMILES string of the molecule is O=C(O)CCC(=O)N(C1CC1)[C@H]1c2ccccc2N(C(=O)c2ccc3ccccc3n2)[C@@H]2CCC[C@@H]21. The maximum atomic E-state index is 14.0. The van der Waals surface area contributed by atoms with Gasteiger partial charge in [-0.05, 0) is 49.4 Å². The fourth-order valence-corrected chi connectivity index (χ4v) is 6.23. The van der Waals surface area contributed by atoms with Gasteiger partial charge in [0.25, 0.3) is 5.91 Å². The number of aliphatic carboxylic acids is 1. The van der Waals surface area contributed by atoms with Crippen LogP contribution in [0.15, 0.2) is 60.7 Å². The molecule has 1 aromatic heterocycles. The summed E-state index contributed by atoms with van der Waals surface area (Å²) in [6, 6.07) is 19.4. The first kappa shape index (κ1) is 22.7. The molecule has 2 saturated carbocycles. The number of para-hydroxylation sites is 2. The molecule has 3 aromatic rings. The molecule has 6 rings (SSSR count). The molecule has 0 bridgehead atoms. The van der Waals surface area contributed by atoms with Crippen LogP contribution in [0.25, 0.3) is 10.9 Å². The summed E-state index contributed by atoms with van der Waals surface area (Å²) in [6.07, 6.45) is 4.51. The second-order valence-corrected chi connectivity index (χ2v) is 10.2. The fourth-order valence-electron chi connectivity index (χ4n) is 6.23. The second-order valence-electron chi connectivity index (χ2n) is 10.2. The van der Waals surface area contributed by atoms with Gasteiger partial charge in [0, 0.05) is 35.5 Å². The van der Waals surface area contributed by atoms with Gasteiger partial charge in [-0.2, -0.15) is 0 Å². The first-order valence-electron chi connectivity index (χ1n) is 12.8. The van der Waals surface area contributed by atoms with Gasteiger partial charge in [-0.25, -0.2) is 4.98 Å². The number of fused-ring (bicyclic) bond motifs is 3. The van der Waals surface area contributed by atoms with Crippen LogP contribution in [0.5, 0.6) is 0 Å². The lowest BCUT2D eigenvalue weighted by Gasteiger charge is -2.47. The van der Waals surface area contributed by atoms with Gasteiger partial charge in [0.15, 0.2) is 0 Å². The Kier molecular flexibility index (Phi) is 5.70. The van der Waals surface area contributed by atoms with Crippen LogP contribution in [0.1, 0.15) is 67.0 Å². The summed E-state index contributed by atoms with van der Waals surface area (Å²) in [6.45, 7) is 0. The molecule has 2 fully saturated rings. The van der Waals surface area contributed by atoms with Crippen LogP contribution in [0.3, 0.4) is 0 Å². The van der Waals surface area contributed by atoms with E-state index < -0.39 is 5.97 Å². The van der Waals surface area contributed by atoms with Crippen LogP contribution in [0.4, 0.5) is 5.69 Å². The molecule has 36 heavy (non-hydrogen) atoms. The number of anilines is 1. The van der Waals surface area contributed by atoms with Crippen molar-refractivity contribution in [1.29, 1.82) is 0 Å². The third-order valence-electron chi connectivity index (χ3n) is 7.90. The highest BCUT2D eigenvalue weighted by atomic mass is 16.4. The lowest BCUT2D eigenvalue weighted by molar-refractivity contribution is -0.142. The topological polar surface area (TPSA) is 90.8 Å². The number of carbonyl (C=O) groups is 3. The molecule has 2 amide bonds. The molecule has 7 heteroatoms. The van der Waals surface area contributed by atoms with E-state index >= 15 is 0 Å². The Hall–Kier alpha value is -3.74. The number of nitrogens with zero attached hydrogens (tertiary/aromatic N) is 3. The molecule has 0 radical (unpaired) electrons. The van der Waals surface area contributed by atoms with Gasteiger partial charge in [0.05, 0.1) is 18.0 Å². The molecular formula is C29H29N3O4. The molecule has 7 nitrogen and oxygen atoms in total. The highest BCUT2D eigenvalue weighted by Crippen LogP contribution is 2.52. The molecule has 3 atom stereocenters. The van der Waals surface area contributed by atoms with E-state index in [1.807, 2.05) is 64.4 Å². The number of carboxylic acid groups (broad SMARTS) is 1. The first-order chi connectivity index (χ1) is 17.5. The molecule has 2 heterocycles. The minimum atomic E-state index is -0.957. The number of carboxylic acids is 1. The molecule has 2 aromatic carbocycles. The normalized spacial score (nSPS) is 22.7. The van der Waals surface area contributed by atoms with E-state index in [9.17, 15) is 14.4 Å². The van der Waals surface area contributed by atoms with Crippen molar-refractivity contribution in [3.05, 3.63) is 71.9 Å². The zero-order valence-corrected chi connectivity index (χ0v) is 20.0. The van der Waals surface area contributed by atoms with Gasteiger partial charge in [-0.15, -0.1) is 0 Å². The average Bonchev–Trinajstić information content (AvgIpc) is 3.62. The van der Waals surface area contributed by atoms with E-state index in [0.717, 1.165) is 54.3 Å². The minimum absolute atomic E-state index is 0.00550. The smallest absolute Gasteiger partial charge is 0.303 e. The summed E-state index contributed by atoms with van der Waals surface area (Å²) >= 11 is 0. The third-order valence-corrected chi connectivity index (χ3v) is 7.90. The molecule has 0 unspecified atom stereocenters. The number of aromatic nitrogens is 1. The fraction of sp³-hybridized carbons (Fsp3) is 0.379. The van der Waals surface area contributed by atoms with Crippen molar-refractivity contribution in [1.82, 2.24) is 9.88 Å². The molecule has 3 aliphatic rings. The van der Waals surface area contributed by atoms with Crippen molar-refractivity contribution in [2.45, 2.75) is 63.1 Å². The molecule has 0 spiro atoms. The summed E-state index contributed by atoms with van der Waals surface area (Å²) in [4.78, 5) is 47.1. The number of carbonyl (C=O) groups excluding carboxylic acids is 2. The Labute approximate surface area is 209 Å². The maximum Gasteiger partial charge on any atom is 0.303 e. The first-order valence-corrected chi connectivity index (χ1v) is 12.8. The average molecular weight is 484 g/mol. The number of benzene rings is 2. The van der Waals surface area contributed by atoms with E-state index in [-0.39, 0.29) is 48.7 Å². The van der Waals surface area contributed by atoms with Crippen LogP contribution in [0.2, 0.25) is 0 Å². The molecular weight excluding hydrogens is 454 g/mol. The van der Waals surface area contributed by atoms with E-state index in [1.54, 1.807) is 6.07 Å². The van der Waals surface area contributed by atoms with Crippen LogP contribution < -0.4 is 4.90 Å². The van der Waals surface area contributed by atoms with Gasteiger partial charge in [-0.3, -0.25) is 14.4 Å². The van der Waals surface area contributed by atoms with Crippen molar-refractivity contribution in [3.63, 3.8) is 0 Å². The number of amides is 2. The Morgan fingerprint density at radius 2 is 1.69 bits per heavy atom. The molecule has 2 aliphatic carbocycles. The number of hydrogen-bond acceptors (Lipinski definition) is 4. The monoisotopic (exact) mass is 483 g/mol. The van der Waals surface area contributed by atoms with Crippen molar-refractivity contribution in [2.24, 2.45) is 5.92 Å². The highest BCUT2D eigenvalue weighted by molar-refractivity contribution is 6.07. The molecule has 0 saturated heterocycles. The summed E-state index contributed by atoms with van der Waals surface area (Å²) in [5.41, 5.74) is 3.02. The Balaban J connectivity index is 1.41. The summed E-state index contributed by atoms with van der Waals surface area (Å²) in [5, 5.41) is 10.2. The van der Waals surface area contributed by atoms with E-state index in [1.165, 1.54) is 0 Å². The predicted octanol–water partition coefficient (Wildman–Crippen LogP) is 4.96. The quantitative estimate of drug-likeness (QED) is 0.535. The lowest BCUT2D eigenvalue weighted by Crippen LogP contribution is -2.53. The Bertz CT molecular complexity index is 1350. The van der Waals surface area contributed by atoms with Crippen LogP contribution in [-0.2, 0) is 9.59 Å². The van der Waals surface area contributed by atoms with E-state index in [2.05, 4.69) is 4.98 Å². The van der Waals surface area contributed by atoms with E-state index in [4.69, 9.17) is 5.11 Å². The second kappa shape index (κ2) is 9.04. The zero-order valence-electron chi connectivity index (χ0n) is 20.0. The van der Waals surface area contributed by atoms with Crippen molar-refractivity contribution in [3.8, 4) is 0 Å².